The quantitative estimate of drug-likeness (QED) is 0.712. The Hall–Kier alpha value is -2.47. The molecule has 2 heterocycles. The second kappa shape index (κ2) is 7.19. The van der Waals surface area contributed by atoms with Gasteiger partial charge in [0.15, 0.2) is 0 Å². The van der Waals surface area contributed by atoms with Crippen molar-refractivity contribution in [2.75, 3.05) is 17.7 Å². The smallest absolute Gasteiger partial charge is 0.224 e. The van der Waals surface area contributed by atoms with Crippen LogP contribution in [0.2, 0.25) is 0 Å². The third-order valence-corrected chi connectivity index (χ3v) is 3.73. The average Bonchev–Trinajstić information content (AvgIpc) is 2.60. The molecule has 0 amide bonds. The van der Waals surface area contributed by atoms with E-state index in [4.69, 9.17) is 0 Å². The Bertz CT molecular complexity index is 792. The van der Waals surface area contributed by atoms with E-state index in [1.165, 1.54) is 5.56 Å². The van der Waals surface area contributed by atoms with Crippen molar-refractivity contribution >= 4 is 27.7 Å². The maximum atomic E-state index is 4.46. The van der Waals surface area contributed by atoms with Crippen LogP contribution in [0, 0.1) is 0 Å². The van der Waals surface area contributed by atoms with Crippen molar-refractivity contribution in [3.63, 3.8) is 0 Å². The first-order valence-corrected chi connectivity index (χ1v) is 8.00. The third-order valence-electron chi connectivity index (χ3n) is 3.24. The van der Waals surface area contributed by atoms with Crippen molar-refractivity contribution in [2.45, 2.75) is 6.54 Å². The number of anilines is 2. The Morgan fingerprint density at radius 2 is 1.91 bits per heavy atom. The zero-order chi connectivity index (χ0) is 16.1. The number of hydrogen-bond donors (Lipinski definition) is 2. The Morgan fingerprint density at radius 3 is 2.65 bits per heavy atom. The van der Waals surface area contributed by atoms with Gasteiger partial charge in [0.05, 0.1) is 11.4 Å². The summed E-state index contributed by atoms with van der Waals surface area (Å²) < 4.78 is 1.06. The Kier molecular flexibility index (Phi) is 4.83. The fraction of sp³-hybridized carbons (Fsp3) is 0.118. The van der Waals surface area contributed by atoms with Crippen LogP contribution in [0.3, 0.4) is 0 Å². The summed E-state index contributed by atoms with van der Waals surface area (Å²) in [5, 5.41) is 6.32. The number of hydrogen-bond acceptors (Lipinski definition) is 5. The molecule has 0 aliphatic heterocycles. The van der Waals surface area contributed by atoms with Gasteiger partial charge in [0, 0.05) is 30.3 Å². The summed E-state index contributed by atoms with van der Waals surface area (Å²) in [5.41, 5.74) is 2.77. The molecule has 23 heavy (non-hydrogen) atoms. The lowest BCUT2D eigenvalue weighted by Gasteiger charge is -2.10. The van der Waals surface area contributed by atoms with E-state index >= 15 is 0 Å². The highest BCUT2D eigenvalue weighted by molar-refractivity contribution is 9.10. The van der Waals surface area contributed by atoms with E-state index in [9.17, 15) is 0 Å². The minimum Gasteiger partial charge on any atom is -0.366 e. The number of nitrogens with one attached hydrogen (secondary N) is 2. The van der Waals surface area contributed by atoms with Gasteiger partial charge in [-0.25, -0.2) is 4.98 Å². The monoisotopic (exact) mass is 369 g/mol. The van der Waals surface area contributed by atoms with E-state index in [-0.39, 0.29) is 0 Å². The molecule has 2 aromatic heterocycles. The fourth-order valence-corrected chi connectivity index (χ4v) is 2.58. The van der Waals surface area contributed by atoms with Gasteiger partial charge in [0.1, 0.15) is 5.82 Å². The van der Waals surface area contributed by atoms with Crippen LogP contribution in [0.15, 0.2) is 59.2 Å². The summed E-state index contributed by atoms with van der Waals surface area (Å²) in [6.07, 6.45) is 1.76. The molecule has 0 aliphatic rings. The van der Waals surface area contributed by atoms with Crippen LogP contribution < -0.4 is 10.6 Å². The fourth-order valence-electron chi connectivity index (χ4n) is 2.13. The molecular weight excluding hydrogens is 354 g/mol. The summed E-state index contributed by atoms with van der Waals surface area (Å²) in [7, 11) is 1.80. The largest absolute Gasteiger partial charge is 0.366 e. The van der Waals surface area contributed by atoms with Crippen molar-refractivity contribution in [3.05, 3.63) is 64.8 Å². The second-order valence-electron chi connectivity index (χ2n) is 4.91. The molecule has 1 aromatic carbocycles. The lowest BCUT2D eigenvalue weighted by molar-refractivity contribution is 1.07. The predicted molar refractivity (Wildman–Crippen MR) is 96.3 cm³/mol. The van der Waals surface area contributed by atoms with E-state index < -0.39 is 0 Å². The Morgan fingerprint density at radius 1 is 1.00 bits per heavy atom. The lowest BCUT2D eigenvalue weighted by Crippen LogP contribution is -2.05. The third kappa shape index (κ3) is 4.04. The van der Waals surface area contributed by atoms with Gasteiger partial charge in [0.25, 0.3) is 0 Å². The van der Waals surface area contributed by atoms with Crippen molar-refractivity contribution in [2.24, 2.45) is 0 Å². The van der Waals surface area contributed by atoms with Crippen LogP contribution in [-0.2, 0) is 6.54 Å². The highest BCUT2D eigenvalue weighted by atomic mass is 79.9. The SMILES string of the molecule is CNc1nc(NCc2cccc(Br)c2)cc(-c2ccccn2)n1. The molecule has 0 saturated heterocycles. The van der Waals surface area contributed by atoms with Crippen molar-refractivity contribution in [1.82, 2.24) is 15.0 Å². The maximum Gasteiger partial charge on any atom is 0.224 e. The number of pyridine rings is 1. The maximum absolute atomic E-state index is 4.46. The Labute approximate surface area is 143 Å². The standard InChI is InChI=1S/C17H16BrN5/c1-19-17-22-15(14-7-2-3-8-20-14)10-16(23-17)21-11-12-5-4-6-13(18)9-12/h2-10H,11H2,1H3,(H2,19,21,22,23). The lowest BCUT2D eigenvalue weighted by atomic mass is 10.2. The topological polar surface area (TPSA) is 62.7 Å². The molecule has 5 nitrogen and oxygen atoms in total. The Balaban J connectivity index is 1.84. The average molecular weight is 370 g/mol. The number of aromatic nitrogens is 3. The van der Waals surface area contributed by atoms with E-state index in [1.54, 1.807) is 13.2 Å². The molecule has 0 spiro atoms. The van der Waals surface area contributed by atoms with Gasteiger partial charge in [-0.3, -0.25) is 4.98 Å². The van der Waals surface area contributed by atoms with Gasteiger partial charge in [-0.15, -0.1) is 0 Å². The number of benzene rings is 1. The van der Waals surface area contributed by atoms with Crippen LogP contribution in [0.1, 0.15) is 5.56 Å². The van der Waals surface area contributed by atoms with Gasteiger partial charge in [-0.1, -0.05) is 34.1 Å². The normalized spacial score (nSPS) is 10.3. The summed E-state index contributed by atoms with van der Waals surface area (Å²) in [6, 6.07) is 15.8. The van der Waals surface area contributed by atoms with Crippen LogP contribution in [0.25, 0.3) is 11.4 Å². The summed E-state index contributed by atoms with van der Waals surface area (Å²) in [4.78, 5) is 13.2. The second-order valence-corrected chi connectivity index (χ2v) is 5.83. The summed E-state index contributed by atoms with van der Waals surface area (Å²) in [6.45, 7) is 0.682. The molecule has 116 valence electrons. The molecule has 3 aromatic rings. The van der Waals surface area contributed by atoms with Gasteiger partial charge in [0.2, 0.25) is 5.95 Å². The van der Waals surface area contributed by atoms with Crippen LogP contribution in [0.4, 0.5) is 11.8 Å². The molecule has 6 heteroatoms. The van der Waals surface area contributed by atoms with Crippen molar-refractivity contribution < 1.29 is 0 Å². The van der Waals surface area contributed by atoms with E-state index in [1.807, 2.05) is 36.4 Å². The molecule has 0 radical (unpaired) electrons. The molecule has 0 atom stereocenters. The molecule has 2 N–H and O–H groups in total. The first-order valence-electron chi connectivity index (χ1n) is 7.21. The molecule has 3 rings (SSSR count). The first kappa shape index (κ1) is 15.4. The van der Waals surface area contributed by atoms with E-state index in [0.29, 0.717) is 12.5 Å². The highest BCUT2D eigenvalue weighted by Crippen LogP contribution is 2.20. The first-order chi connectivity index (χ1) is 11.2. The zero-order valence-corrected chi connectivity index (χ0v) is 14.2. The van der Waals surface area contributed by atoms with Crippen molar-refractivity contribution in [1.29, 1.82) is 0 Å². The molecule has 0 unspecified atom stereocenters. The number of nitrogens with zero attached hydrogens (tertiary/aromatic N) is 3. The molecule has 0 fully saturated rings. The minimum absolute atomic E-state index is 0.560. The molecular formula is C17H16BrN5. The van der Waals surface area contributed by atoms with Gasteiger partial charge in [-0.2, -0.15) is 4.98 Å². The summed E-state index contributed by atoms with van der Waals surface area (Å²) in [5.74, 6) is 1.31. The summed E-state index contributed by atoms with van der Waals surface area (Å²) >= 11 is 3.48. The molecule has 0 bridgehead atoms. The predicted octanol–water partition coefficient (Wildman–Crippen LogP) is 3.95. The van der Waals surface area contributed by atoms with Crippen molar-refractivity contribution in [3.8, 4) is 11.4 Å². The number of rotatable bonds is 5. The van der Waals surface area contributed by atoms with Gasteiger partial charge >= 0.3 is 0 Å². The van der Waals surface area contributed by atoms with Gasteiger partial charge < -0.3 is 10.6 Å². The van der Waals surface area contributed by atoms with Crippen LogP contribution in [0.5, 0.6) is 0 Å². The number of halogens is 1. The van der Waals surface area contributed by atoms with Crippen LogP contribution >= 0.6 is 15.9 Å². The van der Waals surface area contributed by atoms with Crippen LogP contribution in [-0.4, -0.2) is 22.0 Å². The molecule has 0 saturated carbocycles. The van der Waals surface area contributed by atoms with E-state index in [0.717, 1.165) is 21.7 Å². The van der Waals surface area contributed by atoms with Gasteiger partial charge in [-0.05, 0) is 29.8 Å². The highest BCUT2D eigenvalue weighted by Gasteiger charge is 2.07. The molecule has 0 aliphatic carbocycles. The minimum atomic E-state index is 0.560. The van der Waals surface area contributed by atoms with E-state index in [2.05, 4.69) is 53.6 Å². The zero-order valence-electron chi connectivity index (χ0n) is 12.6.